The van der Waals surface area contributed by atoms with E-state index in [-0.39, 0.29) is 0 Å². The van der Waals surface area contributed by atoms with Crippen molar-refractivity contribution in [1.82, 2.24) is 20.2 Å². The molecule has 98 valence electrons. The SMILES string of the molecule is CNc1cc(C2CC2)nc(-c2ccc(OC)nn2)n1. The highest BCUT2D eigenvalue weighted by Gasteiger charge is 2.26. The summed E-state index contributed by atoms with van der Waals surface area (Å²) in [6, 6.07) is 5.57. The number of nitrogens with one attached hydrogen (secondary N) is 1. The van der Waals surface area contributed by atoms with Gasteiger partial charge < -0.3 is 10.1 Å². The first kappa shape index (κ1) is 11.8. The minimum Gasteiger partial charge on any atom is -0.480 e. The number of hydrogen-bond donors (Lipinski definition) is 1. The molecule has 0 aromatic carbocycles. The van der Waals surface area contributed by atoms with E-state index in [4.69, 9.17) is 4.74 Å². The summed E-state index contributed by atoms with van der Waals surface area (Å²) < 4.78 is 5.00. The molecule has 6 heteroatoms. The predicted molar refractivity (Wildman–Crippen MR) is 71.1 cm³/mol. The van der Waals surface area contributed by atoms with Crippen molar-refractivity contribution >= 4 is 5.82 Å². The van der Waals surface area contributed by atoms with Crippen molar-refractivity contribution in [2.45, 2.75) is 18.8 Å². The van der Waals surface area contributed by atoms with Gasteiger partial charge in [0.25, 0.3) is 0 Å². The van der Waals surface area contributed by atoms with Crippen molar-refractivity contribution in [3.05, 3.63) is 23.9 Å². The number of methoxy groups -OCH3 is 1. The van der Waals surface area contributed by atoms with Gasteiger partial charge in [0.1, 0.15) is 11.5 Å². The van der Waals surface area contributed by atoms with Gasteiger partial charge in [-0.1, -0.05) is 0 Å². The van der Waals surface area contributed by atoms with E-state index in [1.54, 1.807) is 13.2 Å². The standard InChI is InChI=1S/C13H15N5O/c1-14-11-7-10(8-3-4-8)15-13(16-11)9-5-6-12(19-2)18-17-9/h5-8H,3-4H2,1-2H3,(H,14,15,16). The summed E-state index contributed by atoms with van der Waals surface area (Å²) in [6.07, 6.45) is 2.40. The molecule has 1 fully saturated rings. The summed E-state index contributed by atoms with van der Waals surface area (Å²) in [5.74, 6) is 2.46. The lowest BCUT2D eigenvalue weighted by Gasteiger charge is -2.06. The van der Waals surface area contributed by atoms with Crippen molar-refractivity contribution in [1.29, 1.82) is 0 Å². The third-order valence-electron chi connectivity index (χ3n) is 3.08. The second-order valence-electron chi connectivity index (χ2n) is 4.49. The summed E-state index contributed by atoms with van der Waals surface area (Å²) in [4.78, 5) is 9.00. The molecule has 0 aliphatic heterocycles. The average molecular weight is 257 g/mol. The van der Waals surface area contributed by atoms with E-state index in [9.17, 15) is 0 Å². The van der Waals surface area contributed by atoms with Crippen LogP contribution in [0.2, 0.25) is 0 Å². The lowest BCUT2D eigenvalue weighted by atomic mass is 10.2. The maximum Gasteiger partial charge on any atom is 0.233 e. The number of ether oxygens (including phenoxy) is 1. The molecule has 0 atom stereocenters. The normalized spacial score (nSPS) is 14.2. The number of aromatic nitrogens is 4. The van der Waals surface area contributed by atoms with Crippen LogP contribution in [-0.4, -0.2) is 34.3 Å². The first-order chi connectivity index (χ1) is 9.30. The van der Waals surface area contributed by atoms with Crippen LogP contribution in [-0.2, 0) is 0 Å². The first-order valence-corrected chi connectivity index (χ1v) is 6.25. The smallest absolute Gasteiger partial charge is 0.233 e. The zero-order valence-corrected chi connectivity index (χ0v) is 10.9. The quantitative estimate of drug-likeness (QED) is 0.901. The Labute approximate surface area is 111 Å². The van der Waals surface area contributed by atoms with Crippen molar-refractivity contribution < 1.29 is 4.74 Å². The predicted octanol–water partition coefficient (Wildman–Crippen LogP) is 1.86. The third-order valence-corrected chi connectivity index (χ3v) is 3.08. The highest BCUT2D eigenvalue weighted by atomic mass is 16.5. The zero-order chi connectivity index (χ0) is 13.2. The van der Waals surface area contributed by atoms with E-state index in [0.29, 0.717) is 23.3 Å². The molecule has 3 rings (SSSR count). The Balaban J connectivity index is 1.99. The molecule has 0 amide bonds. The Hall–Kier alpha value is -2.24. The molecule has 2 aromatic heterocycles. The van der Waals surface area contributed by atoms with Gasteiger partial charge in [0.05, 0.1) is 7.11 Å². The van der Waals surface area contributed by atoms with Crippen molar-refractivity contribution in [3.8, 4) is 17.4 Å². The molecule has 0 unspecified atom stereocenters. The molecule has 6 nitrogen and oxygen atoms in total. The minimum absolute atomic E-state index is 0.482. The lowest BCUT2D eigenvalue weighted by molar-refractivity contribution is 0.392. The summed E-state index contributed by atoms with van der Waals surface area (Å²) >= 11 is 0. The van der Waals surface area contributed by atoms with Crippen molar-refractivity contribution in [3.63, 3.8) is 0 Å². The number of anilines is 1. The Morgan fingerprint density at radius 2 is 2.05 bits per heavy atom. The Morgan fingerprint density at radius 3 is 2.63 bits per heavy atom. The van der Waals surface area contributed by atoms with Gasteiger partial charge in [0, 0.05) is 30.8 Å². The van der Waals surface area contributed by atoms with Gasteiger partial charge in [-0.25, -0.2) is 9.97 Å². The molecular weight excluding hydrogens is 242 g/mol. The maximum absolute atomic E-state index is 5.00. The molecule has 1 saturated carbocycles. The van der Waals surface area contributed by atoms with E-state index in [2.05, 4.69) is 25.5 Å². The summed E-state index contributed by atoms with van der Waals surface area (Å²) in [7, 11) is 3.41. The van der Waals surface area contributed by atoms with Gasteiger partial charge in [-0.2, -0.15) is 0 Å². The van der Waals surface area contributed by atoms with Crippen LogP contribution in [0, 0.1) is 0 Å². The van der Waals surface area contributed by atoms with Crippen LogP contribution in [0.15, 0.2) is 18.2 Å². The van der Waals surface area contributed by atoms with Gasteiger partial charge in [-0.3, -0.25) is 0 Å². The fourth-order valence-electron chi connectivity index (χ4n) is 1.85. The third kappa shape index (κ3) is 2.47. The molecule has 1 N–H and O–H groups in total. The van der Waals surface area contributed by atoms with Crippen LogP contribution in [0.4, 0.5) is 5.82 Å². The minimum atomic E-state index is 0.482. The zero-order valence-electron chi connectivity index (χ0n) is 10.9. The Kier molecular flexibility index (Phi) is 2.98. The Bertz CT molecular complexity index is 580. The van der Waals surface area contributed by atoms with Crippen molar-refractivity contribution in [2.24, 2.45) is 0 Å². The molecule has 19 heavy (non-hydrogen) atoms. The average Bonchev–Trinajstić information content (AvgIpc) is 3.31. The number of nitrogens with zero attached hydrogens (tertiary/aromatic N) is 4. The monoisotopic (exact) mass is 257 g/mol. The maximum atomic E-state index is 5.00. The molecular formula is C13H15N5O. The van der Waals surface area contributed by atoms with Crippen LogP contribution < -0.4 is 10.1 Å². The topological polar surface area (TPSA) is 72.8 Å². The molecule has 0 spiro atoms. The lowest BCUT2D eigenvalue weighted by Crippen LogP contribution is -2.02. The largest absolute Gasteiger partial charge is 0.480 e. The number of rotatable bonds is 4. The van der Waals surface area contributed by atoms with Crippen molar-refractivity contribution in [2.75, 3.05) is 19.5 Å². The van der Waals surface area contributed by atoms with E-state index < -0.39 is 0 Å². The van der Waals surface area contributed by atoms with Gasteiger partial charge >= 0.3 is 0 Å². The highest BCUT2D eigenvalue weighted by molar-refractivity contribution is 5.53. The Morgan fingerprint density at radius 1 is 1.21 bits per heavy atom. The molecule has 2 aromatic rings. The van der Waals surface area contributed by atoms with Crippen LogP contribution in [0.5, 0.6) is 5.88 Å². The van der Waals surface area contributed by atoms with Crippen LogP contribution in [0.25, 0.3) is 11.5 Å². The molecule has 0 bridgehead atoms. The van der Waals surface area contributed by atoms with Crippen LogP contribution in [0.3, 0.4) is 0 Å². The molecule has 2 heterocycles. The second-order valence-corrected chi connectivity index (χ2v) is 4.49. The summed E-state index contributed by atoms with van der Waals surface area (Å²) in [5, 5.41) is 11.1. The first-order valence-electron chi connectivity index (χ1n) is 6.25. The van der Waals surface area contributed by atoms with Gasteiger partial charge in [-0.05, 0) is 18.9 Å². The van der Waals surface area contributed by atoms with E-state index in [1.807, 2.05) is 19.2 Å². The van der Waals surface area contributed by atoms with E-state index in [1.165, 1.54) is 12.8 Å². The molecule has 1 aliphatic carbocycles. The van der Waals surface area contributed by atoms with E-state index in [0.717, 1.165) is 11.5 Å². The highest BCUT2D eigenvalue weighted by Crippen LogP contribution is 2.40. The van der Waals surface area contributed by atoms with Gasteiger partial charge in [0.2, 0.25) is 5.88 Å². The van der Waals surface area contributed by atoms with E-state index >= 15 is 0 Å². The van der Waals surface area contributed by atoms with Crippen LogP contribution >= 0.6 is 0 Å². The summed E-state index contributed by atoms with van der Waals surface area (Å²) in [5.41, 5.74) is 1.73. The van der Waals surface area contributed by atoms with Crippen LogP contribution in [0.1, 0.15) is 24.5 Å². The molecule has 0 radical (unpaired) electrons. The van der Waals surface area contributed by atoms with Gasteiger partial charge in [0.15, 0.2) is 5.82 Å². The molecule has 1 aliphatic rings. The molecule has 0 saturated heterocycles. The van der Waals surface area contributed by atoms with Gasteiger partial charge in [-0.15, -0.1) is 10.2 Å². The summed E-state index contributed by atoms with van der Waals surface area (Å²) in [6.45, 7) is 0. The fourth-order valence-corrected chi connectivity index (χ4v) is 1.85. The second kappa shape index (κ2) is 4.79. The number of hydrogen-bond acceptors (Lipinski definition) is 6. The fraction of sp³-hybridized carbons (Fsp3) is 0.385.